The van der Waals surface area contributed by atoms with Crippen LogP contribution in [-0.4, -0.2) is 136 Å². The third-order valence-electron chi connectivity index (χ3n) is 16.0. The lowest BCUT2D eigenvalue weighted by molar-refractivity contribution is -0.142. The first-order chi connectivity index (χ1) is 38.6. The van der Waals surface area contributed by atoms with Gasteiger partial charge in [0.2, 0.25) is 11.8 Å². The SMILES string of the molecule is Cc1ncsc1-c1ccc([C@H](CO)NC(=O)[C@@H]2C[C@@H](O)CN2C(=O)[C@H](C(C)C)n2cc(-c3ccc(COc4c(-c5c(C)c(F)cc6[nH]ncc56)c(C5CC5)cc5c(N(C)[C@H]6CCNC6)nc(O[C@@H](C)[C@H](C)O)nc45)cc3)nn2)cc1. The monoisotopic (exact) mass is 1110 g/mol. The number of fused-ring (bicyclic) bond motifs is 2. The lowest BCUT2D eigenvalue weighted by Gasteiger charge is -2.30. The highest BCUT2D eigenvalue weighted by Crippen LogP contribution is 2.53. The predicted octanol–water partition coefficient (Wildman–Crippen LogP) is 7.72. The van der Waals surface area contributed by atoms with Crippen LogP contribution in [0.5, 0.6) is 11.8 Å². The molecule has 0 radical (unpaired) electrons. The van der Waals surface area contributed by atoms with E-state index in [0.29, 0.717) is 45.0 Å². The fourth-order valence-corrected chi connectivity index (χ4v) is 12.0. The Morgan fingerprint density at radius 3 is 2.42 bits per heavy atom. The number of aryl methyl sites for hydroxylation is 1. The highest BCUT2D eigenvalue weighted by Gasteiger charge is 2.43. The standard InChI is InChI=1S/C59H67FN12O7S/c1-30(2)53(58(77)71-25-41(75)20-49(71)57(76)64-48(27-73)38-14-16-39(17-15-38)55-32(4)62-29-80-55)72-26-47(68-69-72)37-10-8-35(9-11-37)28-78-54-51(50-31(3)45(60)22-46-44(50)24-63-67-46)42(36-12-13-36)21-43-52(54)65-59(79-34(6)33(5)74)66-56(43)70(7)40-18-19-61-23-40/h8-11,14-17,21-22,24,26,29-30,33-34,36,40-41,48-49,53,61,73-75H,12-13,18-20,23,25,27-28H2,1-7H3,(H,63,67)(H,64,76)/t33-,34-,40-,41+,48-,49-,53-/m0/s1. The first-order valence-corrected chi connectivity index (χ1v) is 28.3. The number of nitrogens with one attached hydrogen (secondary N) is 3. The molecule has 418 valence electrons. The predicted molar refractivity (Wildman–Crippen MR) is 303 cm³/mol. The van der Waals surface area contributed by atoms with Crippen molar-refractivity contribution < 1.29 is 38.8 Å². The van der Waals surface area contributed by atoms with Crippen LogP contribution < -0.4 is 25.0 Å². The van der Waals surface area contributed by atoms with Gasteiger partial charge >= 0.3 is 6.01 Å². The van der Waals surface area contributed by atoms with Crippen molar-refractivity contribution in [1.29, 1.82) is 0 Å². The zero-order valence-corrected chi connectivity index (χ0v) is 46.7. The molecule has 3 fully saturated rings. The molecule has 3 aliphatic rings. The van der Waals surface area contributed by atoms with Gasteiger partial charge in [-0.05, 0) is 105 Å². The van der Waals surface area contributed by atoms with Gasteiger partial charge in [-0.2, -0.15) is 15.1 Å². The molecule has 2 amide bonds. The molecule has 11 rings (SSSR count). The van der Waals surface area contributed by atoms with Crippen LogP contribution >= 0.6 is 11.3 Å². The average molecular weight is 1110 g/mol. The van der Waals surface area contributed by atoms with Crippen molar-refractivity contribution in [3.8, 4) is 44.6 Å². The summed E-state index contributed by atoms with van der Waals surface area (Å²) in [4.78, 5) is 47.6. The quantitative estimate of drug-likeness (QED) is 0.0454. The van der Waals surface area contributed by atoms with Crippen molar-refractivity contribution in [1.82, 2.24) is 55.7 Å². The fraction of sp³-hybridized carbons (Fsp3) is 0.424. The normalized spacial score (nSPS) is 18.9. The van der Waals surface area contributed by atoms with E-state index < -0.39 is 42.3 Å². The van der Waals surface area contributed by atoms with Crippen LogP contribution in [0.4, 0.5) is 10.2 Å². The van der Waals surface area contributed by atoms with Gasteiger partial charge in [-0.3, -0.25) is 14.7 Å². The number of amides is 2. The second-order valence-electron chi connectivity index (χ2n) is 22.0. The Bertz CT molecular complexity index is 3560. The van der Waals surface area contributed by atoms with Gasteiger partial charge in [-0.25, -0.2) is 14.1 Å². The van der Waals surface area contributed by atoms with E-state index >= 15 is 4.39 Å². The minimum Gasteiger partial charge on any atom is -0.486 e. The van der Waals surface area contributed by atoms with E-state index in [1.165, 1.54) is 27.0 Å². The molecule has 8 aromatic rings. The number of thiazole rings is 1. The van der Waals surface area contributed by atoms with Gasteiger partial charge in [-0.1, -0.05) is 67.6 Å². The second-order valence-corrected chi connectivity index (χ2v) is 22.8. The summed E-state index contributed by atoms with van der Waals surface area (Å²) in [5.74, 6) is -0.253. The maximum Gasteiger partial charge on any atom is 0.319 e. The molecule has 19 nitrogen and oxygen atoms in total. The maximum absolute atomic E-state index is 16.1. The largest absolute Gasteiger partial charge is 0.486 e. The summed E-state index contributed by atoms with van der Waals surface area (Å²) in [6, 6.07) is 16.5. The number of ether oxygens (including phenoxy) is 2. The third kappa shape index (κ3) is 10.7. The number of likely N-dealkylation sites (N-methyl/N-ethyl adjacent to an activating group) is 1. The zero-order valence-electron chi connectivity index (χ0n) is 45.9. The molecule has 80 heavy (non-hydrogen) atoms. The molecular formula is C59H67FN12O7S. The first-order valence-electron chi connectivity index (χ1n) is 27.4. The van der Waals surface area contributed by atoms with Crippen LogP contribution in [0.1, 0.15) is 99.3 Å². The number of aromatic amines is 1. The van der Waals surface area contributed by atoms with E-state index in [1.807, 2.05) is 76.3 Å². The molecule has 6 heterocycles. The Labute approximate surface area is 466 Å². The smallest absolute Gasteiger partial charge is 0.319 e. The van der Waals surface area contributed by atoms with Gasteiger partial charge < -0.3 is 45.2 Å². The van der Waals surface area contributed by atoms with Gasteiger partial charge in [-0.15, -0.1) is 16.4 Å². The van der Waals surface area contributed by atoms with E-state index in [4.69, 9.17) is 19.4 Å². The number of hydrogen-bond donors (Lipinski definition) is 6. The van der Waals surface area contributed by atoms with Crippen LogP contribution in [0.25, 0.3) is 54.6 Å². The number of H-pyrrole nitrogens is 1. The van der Waals surface area contributed by atoms with E-state index in [-0.39, 0.29) is 61.8 Å². The second kappa shape index (κ2) is 22.6. The van der Waals surface area contributed by atoms with Crippen molar-refractivity contribution >= 4 is 50.8 Å². The lowest BCUT2D eigenvalue weighted by atomic mass is 9.88. The highest BCUT2D eigenvalue weighted by molar-refractivity contribution is 7.13. The molecule has 2 saturated heterocycles. The average Bonchev–Trinajstić information content (AvgIpc) is 3.46. The molecule has 6 N–H and O–H groups in total. The van der Waals surface area contributed by atoms with Crippen LogP contribution in [0.2, 0.25) is 0 Å². The Hall–Kier alpha value is -7.43. The molecule has 0 spiro atoms. The number of nitrogens with zero attached hydrogens (tertiary/aromatic N) is 9. The minimum absolute atomic E-state index is 0.0359. The number of anilines is 1. The van der Waals surface area contributed by atoms with Gasteiger partial charge in [0.25, 0.3) is 0 Å². The van der Waals surface area contributed by atoms with Gasteiger partial charge in [0.1, 0.15) is 47.6 Å². The van der Waals surface area contributed by atoms with E-state index in [2.05, 4.69) is 47.1 Å². The Kier molecular flexibility index (Phi) is 15.4. The first kappa shape index (κ1) is 54.5. The van der Waals surface area contributed by atoms with Crippen molar-refractivity contribution in [3.63, 3.8) is 0 Å². The molecule has 2 aliphatic heterocycles. The van der Waals surface area contributed by atoms with Gasteiger partial charge in [0, 0.05) is 60.1 Å². The Morgan fingerprint density at radius 2 is 1.75 bits per heavy atom. The molecule has 1 aliphatic carbocycles. The molecule has 1 saturated carbocycles. The number of aromatic nitrogens is 8. The maximum atomic E-state index is 16.1. The Morgan fingerprint density at radius 1 is 0.988 bits per heavy atom. The van der Waals surface area contributed by atoms with Crippen LogP contribution in [0.15, 0.2) is 78.6 Å². The van der Waals surface area contributed by atoms with Crippen molar-refractivity contribution in [2.24, 2.45) is 5.92 Å². The van der Waals surface area contributed by atoms with Gasteiger partial charge in [0.05, 0.1) is 58.8 Å². The lowest BCUT2D eigenvalue weighted by Crippen LogP contribution is -2.50. The number of likely N-dealkylation sites (tertiary alicyclic amines) is 1. The van der Waals surface area contributed by atoms with Crippen LogP contribution in [0.3, 0.4) is 0 Å². The number of aliphatic hydroxyl groups is 3. The number of rotatable bonds is 19. The Balaban J connectivity index is 0.876. The number of halogens is 1. The summed E-state index contributed by atoms with van der Waals surface area (Å²) in [7, 11) is 2.03. The van der Waals surface area contributed by atoms with Crippen LogP contribution in [-0.2, 0) is 16.2 Å². The van der Waals surface area contributed by atoms with E-state index in [1.54, 1.807) is 38.7 Å². The third-order valence-corrected chi connectivity index (χ3v) is 17.0. The topological polar surface area (TPSA) is 242 Å². The summed E-state index contributed by atoms with van der Waals surface area (Å²) >= 11 is 1.54. The number of aliphatic hydroxyl groups excluding tert-OH is 3. The number of benzene rings is 4. The van der Waals surface area contributed by atoms with Crippen molar-refractivity contribution in [2.75, 3.05) is 38.2 Å². The summed E-state index contributed by atoms with van der Waals surface area (Å²) in [6.07, 6.45) is 3.89. The summed E-state index contributed by atoms with van der Waals surface area (Å²) in [5, 5.41) is 56.0. The molecule has 0 unspecified atom stereocenters. The van der Waals surface area contributed by atoms with E-state index in [0.717, 1.165) is 81.5 Å². The van der Waals surface area contributed by atoms with E-state index in [9.17, 15) is 24.9 Å². The number of carbonyl (C=O) groups is 2. The number of β-amino-alcohol motifs (C(OH)–C–C–N with tert-alkyl or cyclic N) is 1. The minimum atomic E-state index is -0.987. The molecule has 21 heteroatoms. The fourth-order valence-electron chi connectivity index (χ4n) is 11.1. The van der Waals surface area contributed by atoms with Crippen molar-refractivity contribution in [3.05, 3.63) is 112 Å². The molecular weight excluding hydrogens is 1040 g/mol. The highest BCUT2D eigenvalue weighted by atomic mass is 32.1. The van der Waals surface area contributed by atoms with Crippen LogP contribution in [0, 0.1) is 25.6 Å². The van der Waals surface area contributed by atoms with Gasteiger partial charge in [0.15, 0.2) is 5.75 Å². The summed E-state index contributed by atoms with van der Waals surface area (Å²) in [6.45, 7) is 12.2. The molecule has 7 atom stereocenters. The summed E-state index contributed by atoms with van der Waals surface area (Å²) in [5.41, 5.74) is 10.3. The zero-order chi connectivity index (χ0) is 56.1. The number of hydrogen-bond acceptors (Lipinski definition) is 16. The molecule has 4 aromatic carbocycles. The van der Waals surface area contributed by atoms with Crippen molar-refractivity contribution in [2.45, 2.75) is 122 Å². The molecule has 4 aromatic heterocycles. The summed E-state index contributed by atoms with van der Waals surface area (Å²) < 4.78 is 30.9. The molecule has 0 bridgehead atoms. The number of carbonyl (C=O) groups excluding carboxylic acids is 2.